The molecule has 16 heavy (non-hydrogen) atoms. The molecule has 1 aromatic heterocycles. The number of hydrogen-bond donors (Lipinski definition) is 1. The van der Waals surface area contributed by atoms with Crippen molar-refractivity contribution >= 4 is 11.3 Å². The lowest BCUT2D eigenvalue weighted by atomic mass is 10.2. The molecule has 0 fully saturated rings. The van der Waals surface area contributed by atoms with Gasteiger partial charge in [-0.15, -0.1) is 11.3 Å². The summed E-state index contributed by atoms with van der Waals surface area (Å²) in [4.78, 5) is 6.14. The molecule has 0 bridgehead atoms. The molecule has 1 rings (SSSR count). The van der Waals surface area contributed by atoms with E-state index in [2.05, 4.69) is 33.0 Å². The van der Waals surface area contributed by atoms with Gasteiger partial charge in [0.2, 0.25) is 0 Å². The minimum absolute atomic E-state index is 0.555. The molecule has 1 aromatic rings. The Morgan fingerprint density at radius 1 is 1.31 bits per heavy atom. The zero-order chi connectivity index (χ0) is 12.0. The highest BCUT2D eigenvalue weighted by Crippen LogP contribution is 2.25. The summed E-state index contributed by atoms with van der Waals surface area (Å²) in [6, 6.07) is 0. The minimum Gasteiger partial charge on any atom is -0.312 e. The number of rotatable bonds is 7. The van der Waals surface area contributed by atoms with Crippen LogP contribution in [-0.4, -0.2) is 11.5 Å². The van der Waals surface area contributed by atoms with Gasteiger partial charge in [0.25, 0.3) is 0 Å². The Labute approximate surface area is 103 Å². The lowest BCUT2D eigenvalue weighted by Crippen LogP contribution is -2.14. The fraction of sp³-hybridized carbons (Fsp3) is 0.769. The number of hydrogen-bond acceptors (Lipinski definition) is 3. The van der Waals surface area contributed by atoms with Gasteiger partial charge in [0.1, 0.15) is 0 Å². The Balaban J connectivity index is 2.56. The molecule has 0 saturated heterocycles. The first-order chi connectivity index (χ1) is 7.69. The van der Waals surface area contributed by atoms with Gasteiger partial charge in [-0.05, 0) is 19.4 Å². The second kappa shape index (κ2) is 7.02. The number of unbranched alkanes of at least 4 members (excludes halogenated alkanes) is 1. The van der Waals surface area contributed by atoms with E-state index in [1.165, 1.54) is 28.4 Å². The molecular formula is C13H24N2S. The molecular weight excluding hydrogens is 216 g/mol. The van der Waals surface area contributed by atoms with Gasteiger partial charge in [0.05, 0.1) is 10.7 Å². The molecule has 3 heteroatoms. The van der Waals surface area contributed by atoms with Gasteiger partial charge in [0.15, 0.2) is 0 Å². The molecule has 0 spiro atoms. The second-order valence-corrected chi connectivity index (χ2v) is 5.58. The molecule has 0 amide bonds. The van der Waals surface area contributed by atoms with Crippen molar-refractivity contribution in [2.45, 2.75) is 59.4 Å². The van der Waals surface area contributed by atoms with Crippen molar-refractivity contribution in [3.63, 3.8) is 0 Å². The molecule has 0 aliphatic carbocycles. The van der Waals surface area contributed by atoms with Gasteiger partial charge < -0.3 is 5.32 Å². The average Bonchev–Trinajstić information content (AvgIpc) is 2.68. The van der Waals surface area contributed by atoms with Gasteiger partial charge in [-0.1, -0.05) is 34.1 Å². The summed E-state index contributed by atoms with van der Waals surface area (Å²) in [6.07, 6.45) is 3.57. The van der Waals surface area contributed by atoms with Crippen molar-refractivity contribution in [3.8, 4) is 0 Å². The van der Waals surface area contributed by atoms with E-state index in [-0.39, 0.29) is 0 Å². The van der Waals surface area contributed by atoms with E-state index in [4.69, 9.17) is 4.98 Å². The van der Waals surface area contributed by atoms with E-state index < -0.39 is 0 Å². The topological polar surface area (TPSA) is 24.9 Å². The molecule has 1 N–H and O–H groups in total. The van der Waals surface area contributed by atoms with Gasteiger partial charge in [-0.2, -0.15) is 0 Å². The molecule has 0 aromatic carbocycles. The summed E-state index contributed by atoms with van der Waals surface area (Å²) < 4.78 is 0. The smallest absolute Gasteiger partial charge is 0.0957 e. The third kappa shape index (κ3) is 3.87. The summed E-state index contributed by atoms with van der Waals surface area (Å²) >= 11 is 1.88. The van der Waals surface area contributed by atoms with Crippen LogP contribution in [0.4, 0.5) is 0 Å². The van der Waals surface area contributed by atoms with Crippen molar-refractivity contribution in [2.24, 2.45) is 0 Å². The van der Waals surface area contributed by atoms with Crippen LogP contribution in [0.5, 0.6) is 0 Å². The van der Waals surface area contributed by atoms with Crippen molar-refractivity contribution in [3.05, 3.63) is 15.6 Å². The van der Waals surface area contributed by atoms with E-state index in [9.17, 15) is 0 Å². The van der Waals surface area contributed by atoms with Crippen molar-refractivity contribution in [1.29, 1.82) is 0 Å². The number of nitrogens with one attached hydrogen (secondary N) is 1. The number of aromatic nitrogens is 1. The highest BCUT2D eigenvalue weighted by atomic mass is 32.1. The lowest BCUT2D eigenvalue weighted by Gasteiger charge is -2.02. The molecule has 1 heterocycles. The number of thiazole rings is 1. The lowest BCUT2D eigenvalue weighted by molar-refractivity contribution is 0.642. The molecule has 0 atom stereocenters. The van der Waals surface area contributed by atoms with E-state index in [1.54, 1.807) is 0 Å². The third-order valence-corrected chi connectivity index (χ3v) is 4.01. The average molecular weight is 240 g/mol. The summed E-state index contributed by atoms with van der Waals surface area (Å²) in [6.45, 7) is 11.0. The zero-order valence-electron chi connectivity index (χ0n) is 11.0. The van der Waals surface area contributed by atoms with Crippen molar-refractivity contribution in [1.82, 2.24) is 10.3 Å². The summed E-state index contributed by atoms with van der Waals surface area (Å²) in [5, 5.41) is 4.78. The molecule has 0 aliphatic heterocycles. The normalized spacial score (nSPS) is 11.3. The highest BCUT2D eigenvalue weighted by molar-refractivity contribution is 7.11. The first-order valence-corrected chi connectivity index (χ1v) is 7.19. The highest BCUT2D eigenvalue weighted by Gasteiger charge is 2.11. The fourth-order valence-electron chi connectivity index (χ4n) is 1.57. The molecule has 2 nitrogen and oxygen atoms in total. The van der Waals surface area contributed by atoms with E-state index in [0.717, 1.165) is 19.5 Å². The first-order valence-electron chi connectivity index (χ1n) is 6.38. The van der Waals surface area contributed by atoms with Crippen LogP contribution in [0.3, 0.4) is 0 Å². The Kier molecular flexibility index (Phi) is 5.99. The molecule has 0 saturated carbocycles. The van der Waals surface area contributed by atoms with Crippen molar-refractivity contribution < 1.29 is 0 Å². The molecule has 0 radical (unpaired) electrons. The molecule has 0 unspecified atom stereocenters. The van der Waals surface area contributed by atoms with Gasteiger partial charge in [-0.25, -0.2) is 4.98 Å². The second-order valence-electron chi connectivity index (χ2n) is 4.46. The van der Waals surface area contributed by atoms with Crippen molar-refractivity contribution in [2.75, 3.05) is 6.54 Å². The summed E-state index contributed by atoms with van der Waals surface area (Å²) in [7, 11) is 0. The van der Waals surface area contributed by atoms with Crippen LogP contribution in [0.15, 0.2) is 0 Å². The minimum atomic E-state index is 0.555. The van der Waals surface area contributed by atoms with Crippen LogP contribution < -0.4 is 5.32 Å². The van der Waals surface area contributed by atoms with Gasteiger partial charge in [-0.3, -0.25) is 0 Å². The monoisotopic (exact) mass is 240 g/mol. The first kappa shape index (κ1) is 13.7. The quantitative estimate of drug-likeness (QED) is 0.735. The predicted molar refractivity (Wildman–Crippen MR) is 72.2 cm³/mol. The number of nitrogens with zero attached hydrogens (tertiary/aromatic N) is 1. The zero-order valence-corrected chi connectivity index (χ0v) is 11.8. The third-order valence-electron chi connectivity index (χ3n) is 2.62. The SMILES string of the molecule is CCCCNCc1sc(C(C)C)nc1CC. The Hall–Kier alpha value is -0.410. The molecule has 92 valence electrons. The Morgan fingerprint density at radius 3 is 2.62 bits per heavy atom. The maximum absolute atomic E-state index is 4.71. The Morgan fingerprint density at radius 2 is 2.06 bits per heavy atom. The van der Waals surface area contributed by atoms with Gasteiger partial charge in [0, 0.05) is 17.3 Å². The molecule has 0 aliphatic rings. The number of aryl methyl sites for hydroxylation is 1. The maximum atomic E-state index is 4.71. The van der Waals surface area contributed by atoms with E-state index >= 15 is 0 Å². The van der Waals surface area contributed by atoms with Crippen LogP contribution >= 0.6 is 11.3 Å². The standard InChI is InChI=1S/C13H24N2S/c1-5-7-8-14-9-12-11(6-2)15-13(16-12)10(3)4/h10,14H,5-9H2,1-4H3. The van der Waals surface area contributed by atoms with E-state index in [0.29, 0.717) is 5.92 Å². The van der Waals surface area contributed by atoms with Crippen LogP contribution in [0.25, 0.3) is 0 Å². The van der Waals surface area contributed by atoms with Crippen LogP contribution in [0.2, 0.25) is 0 Å². The Bertz CT molecular complexity index is 305. The largest absolute Gasteiger partial charge is 0.312 e. The van der Waals surface area contributed by atoms with Crippen LogP contribution in [0.1, 0.15) is 62.0 Å². The van der Waals surface area contributed by atoms with Crippen LogP contribution in [0, 0.1) is 0 Å². The summed E-state index contributed by atoms with van der Waals surface area (Å²) in [5.74, 6) is 0.555. The van der Waals surface area contributed by atoms with Crippen LogP contribution in [-0.2, 0) is 13.0 Å². The maximum Gasteiger partial charge on any atom is 0.0957 e. The summed E-state index contributed by atoms with van der Waals surface area (Å²) in [5.41, 5.74) is 1.29. The van der Waals surface area contributed by atoms with E-state index in [1.807, 2.05) is 11.3 Å². The predicted octanol–water partition coefficient (Wildman–Crippen LogP) is 3.72. The fourth-order valence-corrected chi connectivity index (χ4v) is 2.69. The van der Waals surface area contributed by atoms with Gasteiger partial charge >= 0.3 is 0 Å².